The summed E-state index contributed by atoms with van der Waals surface area (Å²) in [4.78, 5) is 19.7. The minimum atomic E-state index is -0.0835. The summed E-state index contributed by atoms with van der Waals surface area (Å²) in [6.45, 7) is 1.78. The van der Waals surface area contributed by atoms with E-state index in [1.54, 1.807) is 27.2 Å². The minimum absolute atomic E-state index is 0.0835. The van der Waals surface area contributed by atoms with Crippen LogP contribution in [-0.2, 0) is 0 Å². The fourth-order valence-corrected chi connectivity index (χ4v) is 2.36. The lowest BCUT2D eigenvalue weighted by atomic mass is 10.1. The summed E-state index contributed by atoms with van der Waals surface area (Å²) in [7, 11) is 3.21. The van der Waals surface area contributed by atoms with Gasteiger partial charge in [-0.1, -0.05) is 0 Å². The fraction of sp³-hybridized carbons (Fsp3) is 0.375. The SMILES string of the molecule is COc1ccc(-c2nc(C3CC3)[nH]c(=O)c2C)c(OC)c1. The zero-order valence-electron chi connectivity index (χ0n) is 12.4. The van der Waals surface area contributed by atoms with E-state index >= 15 is 0 Å². The molecular weight excluding hydrogens is 268 g/mol. The quantitative estimate of drug-likeness (QED) is 0.938. The lowest BCUT2D eigenvalue weighted by Crippen LogP contribution is -2.15. The summed E-state index contributed by atoms with van der Waals surface area (Å²) < 4.78 is 10.6. The topological polar surface area (TPSA) is 64.2 Å². The maximum atomic E-state index is 12.1. The number of methoxy groups -OCH3 is 2. The largest absolute Gasteiger partial charge is 0.497 e. The first-order valence-corrected chi connectivity index (χ1v) is 6.97. The van der Waals surface area contributed by atoms with Crippen LogP contribution in [0.1, 0.15) is 30.1 Å². The van der Waals surface area contributed by atoms with Crippen LogP contribution in [-0.4, -0.2) is 24.2 Å². The molecule has 1 aromatic heterocycles. The molecule has 0 radical (unpaired) electrons. The van der Waals surface area contributed by atoms with Crippen molar-refractivity contribution in [2.24, 2.45) is 0 Å². The third kappa shape index (κ3) is 2.51. The Bertz CT molecular complexity index is 733. The molecule has 1 aliphatic rings. The normalized spacial score (nSPS) is 14.0. The Kier molecular flexibility index (Phi) is 3.41. The molecule has 1 N–H and O–H groups in total. The van der Waals surface area contributed by atoms with E-state index in [0.29, 0.717) is 28.7 Å². The van der Waals surface area contributed by atoms with E-state index < -0.39 is 0 Å². The number of hydrogen-bond donors (Lipinski definition) is 1. The van der Waals surface area contributed by atoms with Gasteiger partial charge in [-0.3, -0.25) is 4.79 Å². The molecule has 1 aliphatic carbocycles. The van der Waals surface area contributed by atoms with Crippen molar-refractivity contribution in [2.45, 2.75) is 25.7 Å². The zero-order valence-corrected chi connectivity index (χ0v) is 12.4. The minimum Gasteiger partial charge on any atom is -0.497 e. The highest BCUT2D eigenvalue weighted by Crippen LogP contribution is 2.39. The van der Waals surface area contributed by atoms with Crippen molar-refractivity contribution in [3.8, 4) is 22.8 Å². The summed E-state index contributed by atoms with van der Waals surface area (Å²) in [5, 5.41) is 0. The van der Waals surface area contributed by atoms with Crippen molar-refractivity contribution in [1.29, 1.82) is 0 Å². The lowest BCUT2D eigenvalue weighted by Gasteiger charge is -2.12. The van der Waals surface area contributed by atoms with E-state index in [-0.39, 0.29) is 5.56 Å². The van der Waals surface area contributed by atoms with Crippen molar-refractivity contribution in [3.05, 3.63) is 39.9 Å². The molecule has 1 fully saturated rings. The highest BCUT2D eigenvalue weighted by atomic mass is 16.5. The Hall–Kier alpha value is -2.30. The second-order valence-electron chi connectivity index (χ2n) is 5.27. The van der Waals surface area contributed by atoms with E-state index in [1.165, 1.54) is 0 Å². The van der Waals surface area contributed by atoms with Gasteiger partial charge in [0.1, 0.15) is 17.3 Å². The second-order valence-corrected chi connectivity index (χ2v) is 5.27. The third-order valence-corrected chi connectivity index (χ3v) is 3.80. The van der Waals surface area contributed by atoms with Gasteiger partial charge in [0.25, 0.3) is 5.56 Å². The van der Waals surface area contributed by atoms with Crippen molar-refractivity contribution < 1.29 is 9.47 Å². The number of hydrogen-bond acceptors (Lipinski definition) is 4. The van der Waals surface area contributed by atoms with Gasteiger partial charge >= 0.3 is 0 Å². The van der Waals surface area contributed by atoms with Crippen LogP contribution in [0.4, 0.5) is 0 Å². The number of ether oxygens (including phenoxy) is 2. The number of benzene rings is 1. The van der Waals surface area contributed by atoms with Gasteiger partial charge < -0.3 is 14.5 Å². The van der Waals surface area contributed by atoms with Gasteiger partial charge in [-0.25, -0.2) is 4.98 Å². The predicted octanol–water partition coefficient (Wildman–Crippen LogP) is 2.64. The average Bonchev–Trinajstić information content (AvgIpc) is 3.34. The molecule has 0 bridgehead atoms. The maximum Gasteiger partial charge on any atom is 0.254 e. The van der Waals surface area contributed by atoms with Gasteiger partial charge in [0.05, 0.1) is 19.9 Å². The zero-order chi connectivity index (χ0) is 15.0. The summed E-state index contributed by atoms with van der Waals surface area (Å²) in [6, 6.07) is 5.52. The van der Waals surface area contributed by atoms with Crippen LogP contribution in [0.5, 0.6) is 11.5 Å². The standard InChI is InChI=1S/C16H18N2O3/c1-9-14(17-15(10-4-5-10)18-16(9)19)12-7-6-11(20-2)8-13(12)21-3/h6-8,10H,4-5H2,1-3H3,(H,17,18,19). The molecule has 0 spiro atoms. The van der Waals surface area contributed by atoms with E-state index in [4.69, 9.17) is 9.47 Å². The monoisotopic (exact) mass is 286 g/mol. The Morgan fingerprint density at radius 3 is 2.62 bits per heavy atom. The Balaban J connectivity index is 2.17. The number of aromatic amines is 1. The molecule has 0 atom stereocenters. The van der Waals surface area contributed by atoms with E-state index in [1.807, 2.05) is 12.1 Å². The molecule has 0 aliphatic heterocycles. The molecule has 0 amide bonds. The first kappa shape index (κ1) is 13.7. The molecular formula is C16H18N2O3. The van der Waals surface area contributed by atoms with Crippen molar-refractivity contribution in [1.82, 2.24) is 9.97 Å². The highest BCUT2D eigenvalue weighted by Gasteiger charge is 2.27. The van der Waals surface area contributed by atoms with E-state index in [0.717, 1.165) is 24.2 Å². The number of nitrogens with zero attached hydrogens (tertiary/aromatic N) is 1. The first-order valence-electron chi connectivity index (χ1n) is 6.97. The molecule has 5 heteroatoms. The van der Waals surface area contributed by atoms with Crippen molar-refractivity contribution in [2.75, 3.05) is 14.2 Å². The van der Waals surface area contributed by atoms with Crippen LogP contribution in [0.3, 0.4) is 0 Å². The van der Waals surface area contributed by atoms with Crippen LogP contribution in [0.2, 0.25) is 0 Å². The number of rotatable bonds is 4. The Labute approximate surface area is 123 Å². The second kappa shape index (κ2) is 5.24. The summed E-state index contributed by atoms with van der Waals surface area (Å²) in [5.74, 6) is 2.53. The smallest absolute Gasteiger partial charge is 0.254 e. The molecule has 110 valence electrons. The molecule has 5 nitrogen and oxygen atoms in total. The fourth-order valence-electron chi connectivity index (χ4n) is 2.36. The Morgan fingerprint density at radius 2 is 2.00 bits per heavy atom. The van der Waals surface area contributed by atoms with Crippen molar-refractivity contribution in [3.63, 3.8) is 0 Å². The van der Waals surface area contributed by atoms with Gasteiger partial charge in [0.2, 0.25) is 0 Å². The summed E-state index contributed by atoms with van der Waals surface area (Å²) in [6.07, 6.45) is 2.18. The third-order valence-electron chi connectivity index (χ3n) is 3.80. The lowest BCUT2D eigenvalue weighted by molar-refractivity contribution is 0.395. The molecule has 0 saturated heterocycles. The maximum absolute atomic E-state index is 12.1. The number of aromatic nitrogens is 2. The Morgan fingerprint density at radius 1 is 1.24 bits per heavy atom. The predicted molar refractivity (Wildman–Crippen MR) is 80.1 cm³/mol. The number of nitrogens with one attached hydrogen (secondary N) is 1. The van der Waals surface area contributed by atoms with Crippen LogP contribution in [0.25, 0.3) is 11.3 Å². The van der Waals surface area contributed by atoms with Gasteiger partial charge in [-0.2, -0.15) is 0 Å². The van der Waals surface area contributed by atoms with E-state index in [9.17, 15) is 4.79 Å². The molecule has 1 aromatic carbocycles. The highest BCUT2D eigenvalue weighted by molar-refractivity contribution is 5.70. The van der Waals surface area contributed by atoms with Gasteiger partial charge in [-0.05, 0) is 31.9 Å². The molecule has 21 heavy (non-hydrogen) atoms. The van der Waals surface area contributed by atoms with Gasteiger partial charge in [0.15, 0.2) is 0 Å². The average molecular weight is 286 g/mol. The van der Waals surface area contributed by atoms with Crippen LogP contribution in [0.15, 0.2) is 23.0 Å². The number of H-pyrrole nitrogens is 1. The van der Waals surface area contributed by atoms with Crippen LogP contribution >= 0.6 is 0 Å². The molecule has 3 rings (SSSR count). The first-order chi connectivity index (χ1) is 10.1. The van der Waals surface area contributed by atoms with Crippen LogP contribution in [0, 0.1) is 6.92 Å². The molecule has 1 saturated carbocycles. The molecule has 2 aromatic rings. The van der Waals surface area contributed by atoms with E-state index in [2.05, 4.69) is 9.97 Å². The summed E-state index contributed by atoms with van der Waals surface area (Å²) >= 11 is 0. The molecule has 1 heterocycles. The van der Waals surface area contributed by atoms with Gasteiger partial charge in [0, 0.05) is 23.1 Å². The molecule has 0 unspecified atom stereocenters. The van der Waals surface area contributed by atoms with Crippen molar-refractivity contribution >= 4 is 0 Å². The van der Waals surface area contributed by atoms with Crippen LogP contribution < -0.4 is 15.0 Å². The van der Waals surface area contributed by atoms with Gasteiger partial charge in [-0.15, -0.1) is 0 Å². The summed E-state index contributed by atoms with van der Waals surface area (Å²) in [5.41, 5.74) is 2.01.